The lowest BCUT2D eigenvalue weighted by Crippen LogP contribution is -2.13. The molecule has 0 fully saturated rings. The van der Waals surface area contributed by atoms with Gasteiger partial charge in [-0.15, -0.1) is 10.2 Å². The molecule has 0 unspecified atom stereocenters. The van der Waals surface area contributed by atoms with Crippen LogP contribution in [0.5, 0.6) is 0 Å². The number of rotatable bonds is 5. The van der Waals surface area contributed by atoms with Crippen LogP contribution in [0.1, 0.15) is 18.4 Å². The number of aromatic nitrogens is 4. The first-order valence-electron chi connectivity index (χ1n) is 5.58. The van der Waals surface area contributed by atoms with E-state index in [-0.39, 0.29) is 15.8 Å². The van der Waals surface area contributed by atoms with Gasteiger partial charge in [0.25, 0.3) is 10.0 Å². The van der Waals surface area contributed by atoms with Gasteiger partial charge in [0.1, 0.15) is 9.90 Å². The summed E-state index contributed by atoms with van der Waals surface area (Å²) >= 11 is 1.15. The van der Waals surface area contributed by atoms with Crippen molar-refractivity contribution in [2.75, 3.05) is 10.5 Å². The molecule has 0 bridgehead atoms. The molecule has 0 aliphatic heterocycles. The predicted molar refractivity (Wildman–Crippen MR) is 72.4 cm³/mol. The Morgan fingerprint density at radius 2 is 2.21 bits per heavy atom. The third kappa shape index (κ3) is 3.01. The van der Waals surface area contributed by atoms with Gasteiger partial charge in [-0.05, 0) is 13.3 Å². The van der Waals surface area contributed by atoms with E-state index in [1.807, 2.05) is 6.92 Å². The van der Waals surface area contributed by atoms with Gasteiger partial charge in [0.05, 0.1) is 0 Å². The zero-order chi connectivity index (χ0) is 14.0. The molecule has 104 valence electrons. The standard InChI is InChI=1S/C9H14N6O2S2/c1-3-4-15-5-7(8(10)13-15)19(16,17)14-9-12-11-6(2)18-9/h5H,3-4H2,1-2H3,(H2,10,13)(H,12,14). The van der Waals surface area contributed by atoms with Crippen LogP contribution >= 0.6 is 11.3 Å². The van der Waals surface area contributed by atoms with Crippen molar-refractivity contribution < 1.29 is 8.42 Å². The van der Waals surface area contributed by atoms with Crippen molar-refractivity contribution in [2.45, 2.75) is 31.7 Å². The lowest BCUT2D eigenvalue weighted by molar-refractivity contribution is 0.595. The van der Waals surface area contributed by atoms with Crippen molar-refractivity contribution in [3.8, 4) is 0 Å². The van der Waals surface area contributed by atoms with Gasteiger partial charge in [-0.1, -0.05) is 18.3 Å². The first-order chi connectivity index (χ1) is 8.92. The lowest BCUT2D eigenvalue weighted by atomic mass is 10.5. The van der Waals surface area contributed by atoms with Crippen molar-refractivity contribution in [3.63, 3.8) is 0 Å². The number of hydrogen-bond acceptors (Lipinski definition) is 7. The Morgan fingerprint density at radius 1 is 1.47 bits per heavy atom. The van der Waals surface area contributed by atoms with E-state index in [1.165, 1.54) is 10.9 Å². The number of hydrogen-bond donors (Lipinski definition) is 2. The SMILES string of the molecule is CCCn1cc(S(=O)(=O)Nc2nnc(C)s2)c(N)n1. The number of nitrogens with one attached hydrogen (secondary N) is 1. The average Bonchev–Trinajstić information content (AvgIpc) is 2.86. The van der Waals surface area contributed by atoms with Crippen molar-refractivity contribution in [1.82, 2.24) is 20.0 Å². The van der Waals surface area contributed by atoms with Gasteiger partial charge in [-0.3, -0.25) is 9.40 Å². The third-order valence-electron chi connectivity index (χ3n) is 2.24. The lowest BCUT2D eigenvalue weighted by Gasteiger charge is -2.01. The minimum Gasteiger partial charge on any atom is -0.381 e. The van der Waals surface area contributed by atoms with Crippen LogP contribution < -0.4 is 10.5 Å². The van der Waals surface area contributed by atoms with Gasteiger partial charge in [0.15, 0.2) is 5.82 Å². The highest BCUT2D eigenvalue weighted by Gasteiger charge is 2.22. The molecule has 0 amide bonds. The van der Waals surface area contributed by atoms with Crippen LogP contribution in [0.4, 0.5) is 10.9 Å². The molecule has 3 N–H and O–H groups in total. The largest absolute Gasteiger partial charge is 0.381 e. The molecule has 0 radical (unpaired) electrons. The molecule has 2 aromatic rings. The second kappa shape index (κ2) is 5.13. The van der Waals surface area contributed by atoms with E-state index < -0.39 is 10.0 Å². The van der Waals surface area contributed by atoms with Crippen LogP contribution in [0.2, 0.25) is 0 Å². The van der Waals surface area contributed by atoms with E-state index in [2.05, 4.69) is 20.0 Å². The molecular formula is C9H14N6O2S2. The molecule has 0 aromatic carbocycles. The number of nitrogen functional groups attached to an aromatic ring is 1. The maximum absolute atomic E-state index is 12.1. The van der Waals surface area contributed by atoms with Crippen LogP contribution in [0, 0.1) is 6.92 Å². The van der Waals surface area contributed by atoms with Gasteiger partial charge >= 0.3 is 0 Å². The number of anilines is 2. The van der Waals surface area contributed by atoms with E-state index in [9.17, 15) is 8.42 Å². The number of sulfonamides is 1. The third-order valence-corrected chi connectivity index (χ3v) is 4.48. The van der Waals surface area contributed by atoms with Crippen LogP contribution in [0.15, 0.2) is 11.1 Å². The molecule has 2 rings (SSSR count). The highest BCUT2D eigenvalue weighted by Crippen LogP contribution is 2.22. The fraction of sp³-hybridized carbons (Fsp3) is 0.444. The summed E-state index contributed by atoms with van der Waals surface area (Å²) in [6, 6.07) is 0. The summed E-state index contributed by atoms with van der Waals surface area (Å²) in [5.41, 5.74) is 5.63. The van der Waals surface area contributed by atoms with Crippen LogP contribution in [0.3, 0.4) is 0 Å². The summed E-state index contributed by atoms with van der Waals surface area (Å²) in [6.07, 6.45) is 2.25. The number of nitrogens with two attached hydrogens (primary N) is 1. The molecule has 19 heavy (non-hydrogen) atoms. The molecule has 0 saturated carbocycles. The minimum absolute atomic E-state index is 0.0258. The maximum Gasteiger partial charge on any atom is 0.268 e. The van der Waals surface area contributed by atoms with Gasteiger partial charge in [0, 0.05) is 12.7 Å². The first kappa shape index (κ1) is 13.7. The normalized spacial score (nSPS) is 11.7. The molecule has 10 heteroatoms. The van der Waals surface area contributed by atoms with Gasteiger partial charge in [-0.2, -0.15) is 5.10 Å². The summed E-state index contributed by atoms with van der Waals surface area (Å²) < 4.78 is 28.1. The van der Waals surface area contributed by atoms with E-state index in [0.29, 0.717) is 11.6 Å². The van der Waals surface area contributed by atoms with E-state index in [1.54, 1.807) is 6.92 Å². The van der Waals surface area contributed by atoms with E-state index >= 15 is 0 Å². The van der Waals surface area contributed by atoms with Crippen molar-refractivity contribution in [1.29, 1.82) is 0 Å². The maximum atomic E-state index is 12.1. The van der Waals surface area contributed by atoms with Gasteiger partial charge in [-0.25, -0.2) is 8.42 Å². The highest BCUT2D eigenvalue weighted by atomic mass is 32.2. The summed E-state index contributed by atoms with van der Waals surface area (Å²) in [7, 11) is -3.78. The first-order valence-corrected chi connectivity index (χ1v) is 7.88. The zero-order valence-electron chi connectivity index (χ0n) is 10.5. The summed E-state index contributed by atoms with van der Waals surface area (Å²) in [4.78, 5) is -0.0474. The molecule has 2 aromatic heterocycles. The predicted octanol–water partition coefficient (Wildman–Crippen LogP) is 0.836. The van der Waals surface area contributed by atoms with Crippen molar-refractivity contribution in [2.24, 2.45) is 0 Å². The smallest absolute Gasteiger partial charge is 0.268 e. The molecular weight excluding hydrogens is 288 g/mol. The Morgan fingerprint density at radius 3 is 2.79 bits per heavy atom. The Balaban J connectivity index is 2.28. The monoisotopic (exact) mass is 302 g/mol. The second-order valence-corrected chi connectivity index (χ2v) is 6.71. The molecule has 0 aliphatic carbocycles. The average molecular weight is 302 g/mol. The summed E-state index contributed by atoms with van der Waals surface area (Å²) in [6.45, 7) is 4.31. The quantitative estimate of drug-likeness (QED) is 0.845. The summed E-state index contributed by atoms with van der Waals surface area (Å²) in [5, 5.41) is 12.3. The number of nitrogens with zero attached hydrogens (tertiary/aromatic N) is 4. The van der Waals surface area contributed by atoms with Crippen LogP contribution in [-0.2, 0) is 16.6 Å². The Labute approximate surface area is 114 Å². The number of aryl methyl sites for hydroxylation is 2. The summed E-state index contributed by atoms with van der Waals surface area (Å²) in [5.74, 6) is -0.0258. The molecule has 0 atom stereocenters. The fourth-order valence-electron chi connectivity index (χ4n) is 1.48. The molecule has 8 nitrogen and oxygen atoms in total. The van der Waals surface area contributed by atoms with Crippen molar-refractivity contribution in [3.05, 3.63) is 11.2 Å². The van der Waals surface area contributed by atoms with Gasteiger partial charge in [0.2, 0.25) is 5.13 Å². The fourth-order valence-corrected chi connectivity index (χ4v) is 3.37. The molecule has 0 aliphatic rings. The van der Waals surface area contributed by atoms with Crippen molar-refractivity contribution >= 4 is 32.3 Å². The Bertz CT molecular complexity index is 675. The Kier molecular flexibility index (Phi) is 3.71. The molecule has 2 heterocycles. The second-order valence-electron chi connectivity index (χ2n) is 3.87. The topological polar surface area (TPSA) is 116 Å². The van der Waals surface area contributed by atoms with Gasteiger partial charge < -0.3 is 5.73 Å². The minimum atomic E-state index is -3.78. The Hall–Kier alpha value is -1.68. The molecule has 0 spiro atoms. The zero-order valence-corrected chi connectivity index (χ0v) is 12.1. The van der Waals surface area contributed by atoms with Crippen LogP contribution in [-0.4, -0.2) is 28.4 Å². The molecule has 0 saturated heterocycles. The van der Waals surface area contributed by atoms with Crippen LogP contribution in [0.25, 0.3) is 0 Å². The highest BCUT2D eigenvalue weighted by molar-refractivity contribution is 7.93. The van der Waals surface area contributed by atoms with E-state index in [0.717, 1.165) is 17.8 Å². The van der Waals surface area contributed by atoms with E-state index in [4.69, 9.17) is 5.73 Å².